The molecule has 2 aromatic rings. The number of nitrogens with one attached hydrogen (secondary N) is 1. The van der Waals surface area contributed by atoms with Crippen LogP contribution in [0.1, 0.15) is 48.6 Å². The maximum absolute atomic E-state index is 12.8. The van der Waals surface area contributed by atoms with E-state index in [9.17, 15) is 23.4 Å². The van der Waals surface area contributed by atoms with Crippen LogP contribution in [0.4, 0.5) is 13.2 Å². The Bertz CT molecular complexity index is 887. The summed E-state index contributed by atoms with van der Waals surface area (Å²) in [5.74, 6) is -0.438. The molecule has 3 heterocycles. The van der Waals surface area contributed by atoms with Crippen molar-refractivity contribution in [2.75, 3.05) is 0 Å². The fourth-order valence-electron chi connectivity index (χ4n) is 4.43. The molecular weight excluding hydrogens is 371 g/mol. The lowest BCUT2D eigenvalue weighted by Gasteiger charge is -2.33. The third kappa shape index (κ3) is 3.46. The predicted molar refractivity (Wildman–Crippen MR) is 96.5 cm³/mol. The highest BCUT2D eigenvalue weighted by molar-refractivity contribution is 5.69. The van der Waals surface area contributed by atoms with Crippen LogP contribution >= 0.6 is 0 Å². The summed E-state index contributed by atoms with van der Waals surface area (Å²) < 4.78 is 38.4. The monoisotopic (exact) mass is 393 g/mol. The number of phenols is 1. The van der Waals surface area contributed by atoms with Crippen LogP contribution in [0.15, 0.2) is 24.3 Å². The zero-order valence-corrected chi connectivity index (χ0v) is 15.4. The first-order chi connectivity index (χ1) is 13.2. The van der Waals surface area contributed by atoms with Gasteiger partial charge in [0.1, 0.15) is 11.9 Å². The van der Waals surface area contributed by atoms with E-state index in [1.54, 1.807) is 13.0 Å². The van der Waals surface area contributed by atoms with Gasteiger partial charge in [-0.1, -0.05) is 0 Å². The van der Waals surface area contributed by atoms with Gasteiger partial charge in [-0.15, -0.1) is 5.10 Å². The van der Waals surface area contributed by atoms with Crippen molar-refractivity contribution in [3.05, 3.63) is 41.1 Å². The average molecular weight is 393 g/mol. The minimum atomic E-state index is -4.53. The summed E-state index contributed by atoms with van der Waals surface area (Å²) in [6.07, 6.45) is -1.16. The van der Waals surface area contributed by atoms with E-state index in [-0.39, 0.29) is 17.5 Å². The Morgan fingerprint density at radius 2 is 1.86 bits per heavy atom. The van der Waals surface area contributed by atoms with E-state index in [4.69, 9.17) is 0 Å². The second-order valence-corrected chi connectivity index (χ2v) is 7.76. The normalized spacial score (nSPS) is 25.7. The Balaban J connectivity index is 1.60. The number of aryl methyl sites for hydroxylation is 1. The van der Waals surface area contributed by atoms with E-state index < -0.39 is 23.6 Å². The van der Waals surface area contributed by atoms with Crippen molar-refractivity contribution in [2.45, 2.75) is 57.0 Å². The molecule has 4 unspecified atom stereocenters. The van der Waals surface area contributed by atoms with Crippen LogP contribution in [0.2, 0.25) is 0 Å². The minimum absolute atomic E-state index is 0.0674. The van der Waals surface area contributed by atoms with Gasteiger partial charge in [0.25, 0.3) is 0 Å². The molecule has 2 saturated heterocycles. The van der Waals surface area contributed by atoms with E-state index in [2.05, 4.69) is 15.5 Å². The number of phenolic OH excluding ortho intramolecular Hbond substituents is 1. The molecule has 5 nitrogen and oxygen atoms in total. The van der Waals surface area contributed by atoms with Crippen molar-refractivity contribution in [1.29, 1.82) is 0 Å². The van der Waals surface area contributed by atoms with Gasteiger partial charge in [0.15, 0.2) is 0 Å². The molecule has 0 saturated carbocycles. The highest BCUT2D eigenvalue weighted by Crippen LogP contribution is 2.40. The summed E-state index contributed by atoms with van der Waals surface area (Å²) in [5, 5.41) is 32.6. The molecule has 4 atom stereocenters. The molecular formula is C20H22F3N3O2. The standard InChI is InChI=1S/C20H22F3N3O2/c1-10-8-16(19(28)13-6-3-12-4-7-15(13)24-12)25-26-18(10)14-5-2-11(9-17(14)27)20(21,22)23/h2,5,8-9,12-13,15,19,24,27-28H,3-4,6-7H2,1H3. The van der Waals surface area contributed by atoms with E-state index in [1.807, 2.05) is 0 Å². The Hall–Kier alpha value is -2.19. The Morgan fingerprint density at radius 3 is 2.54 bits per heavy atom. The molecule has 4 rings (SSSR count). The number of aromatic nitrogens is 2. The molecule has 150 valence electrons. The van der Waals surface area contributed by atoms with Gasteiger partial charge in [0.2, 0.25) is 0 Å². The molecule has 0 radical (unpaired) electrons. The molecule has 3 N–H and O–H groups in total. The number of alkyl halides is 3. The van der Waals surface area contributed by atoms with E-state index in [0.717, 1.165) is 31.7 Å². The van der Waals surface area contributed by atoms with E-state index in [1.165, 1.54) is 6.07 Å². The highest BCUT2D eigenvalue weighted by atomic mass is 19.4. The largest absolute Gasteiger partial charge is 0.507 e. The van der Waals surface area contributed by atoms with Crippen LogP contribution in [-0.4, -0.2) is 32.5 Å². The fourth-order valence-corrected chi connectivity index (χ4v) is 4.43. The Labute approximate surface area is 160 Å². The number of aliphatic hydroxyl groups is 1. The van der Waals surface area contributed by atoms with E-state index >= 15 is 0 Å². The molecule has 2 aliphatic heterocycles. The third-order valence-electron chi connectivity index (χ3n) is 5.93. The van der Waals surface area contributed by atoms with Crippen molar-refractivity contribution in [3.63, 3.8) is 0 Å². The maximum atomic E-state index is 12.8. The van der Waals surface area contributed by atoms with Crippen molar-refractivity contribution in [2.24, 2.45) is 5.92 Å². The minimum Gasteiger partial charge on any atom is -0.507 e. The summed E-state index contributed by atoms with van der Waals surface area (Å²) in [7, 11) is 0. The number of hydrogen-bond donors (Lipinski definition) is 3. The summed E-state index contributed by atoms with van der Waals surface area (Å²) >= 11 is 0. The zero-order valence-electron chi connectivity index (χ0n) is 15.4. The number of hydrogen-bond acceptors (Lipinski definition) is 5. The molecule has 1 aromatic heterocycles. The van der Waals surface area contributed by atoms with Crippen molar-refractivity contribution < 1.29 is 23.4 Å². The number of aromatic hydroxyl groups is 1. The van der Waals surface area contributed by atoms with Gasteiger partial charge >= 0.3 is 6.18 Å². The first-order valence-electron chi connectivity index (χ1n) is 9.43. The van der Waals surface area contributed by atoms with Gasteiger partial charge in [-0.05, 0) is 62.4 Å². The summed E-state index contributed by atoms with van der Waals surface area (Å²) in [4.78, 5) is 0. The zero-order chi connectivity index (χ0) is 20.1. The predicted octanol–water partition coefficient (Wildman–Crippen LogP) is 3.74. The fraction of sp³-hybridized carbons (Fsp3) is 0.500. The molecule has 2 aliphatic rings. The molecule has 0 aliphatic carbocycles. The lowest BCUT2D eigenvalue weighted by atomic mass is 9.85. The molecule has 2 bridgehead atoms. The number of nitrogens with zero attached hydrogens (tertiary/aromatic N) is 2. The first kappa shape index (κ1) is 19.1. The average Bonchev–Trinajstić information content (AvgIpc) is 3.02. The van der Waals surface area contributed by atoms with Crippen LogP contribution in [0.3, 0.4) is 0 Å². The van der Waals surface area contributed by atoms with Gasteiger partial charge in [0.05, 0.1) is 17.0 Å². The van der Waals surface area contributed by atoms with Crippen LogP contribution in [0.25, 0.3) is 11.3 Å². The molecule has 0 amide bonds. The van der Waals surface area contributed by atoms with Crippen LogP contribution < -0.4 is 5.32 Å². The molecule has 1 aromatic carbocycles. The number of aliphatic hydroxyl groups excluding tert-OH is 1. The molecule has 28 heavy (non-hydrogen) atoms. The SMILES string of the molecule is Cc1cc(C(O)C2CCC3CCC2N3)nnc1-c1ccc(C(F)(F)F)cc1O. The Morgan fingerprint density at radius 1 is 1.11 bits per heavy atom. The molecule has 2 fully saturated rings. The lowest BCUT2D eigenvalue weighted by Crippen LogP contribution is -2.42. The second-order valence-electron chi connectivity index (χ2n) is 7.76. The van der Waals surface area contributed by atoms with Crippen molar-refractivity contribution in [1.82, 2.24) is 15.5 Å². The maximum Gasteiger partial charge on any atom is 0.416 e. The number of halogens is 3. The highest BCUT2D eigenvalue weighted by Gasteiger charge is 2.39. The number of fused-ring (bicyclic) bond motifs is 2. The number of rotatable bonds is 3. The van der Waals surface area contributed by atoms with Crippen molar-refractivity contribution >= 4 is 0 Å². The molecule has 0 spiro atoms. The smallest absolute Gasteiger partial charge is 0.416 e. The summed E-state index contributed by atoms with van der Waals surface area (Å²) in [5.41, 5.74) is 0.630. The van der Waals surface area contributed by atoms with Gasteiger partial charge in [-0.25, -0.2) is 0 Å². The van der Waals surface area contributed by atoms with Crippen molar-refractivity contribution in [3.8, 4) is 17.0 Å². The Kier molecular flexibility index (Phi) is 4.79. The van der Waals surface area contributed by atoms with Crippen LogP contribution in [0.5, 0.6) is 5.75 Å². The van der Waals surface area contributed by atoms with Gasteiger partial charge in [0, 0.05) is 23.6 Å². The van der Waals surface area contributed by atoms with Gasteiger partial charge in [-0.3, -0.25) is 0 Å². The number of benzene rings is 1. The number of piperidine rings is 1. The van der Waals surface area contributed by atoms with Gasteiger partial charge in [-0.2, -0.15) is 18.3 Å². The summed E-state index contributed by atoms with van der Waals surface area (Å²) in [6, 6.07) is 5.30. The first-order valence-corrected chi connectivity index (χ1v) is 9.43. The second kappa shape index (κ2) is 7.00. The quantitative estimate of drug-likeness (QED) is 0.741. The third-order valence-corrected chi connectivity index (χ3v) is 5.93. The van der Waals surface area contributed by atoms with Gasteiger partial charge < -0.3 is 15.5 Å². The van der Waals surface area contributed by atoms with Crippen LogP contribution in [-0.2, 0) is 6.18 Å². The molecule has 8 heteroatoms. The summed E-state index contributed by atoms with van der Waals surface area (Å²) in [6.45, 7) is 1.74. The lowest BCUT2D eigenvalue weighted by molar-refractivity contribution is -0.137. The topological polar surface area (TPSA) is 78.3 Å². The van der Waals surface area contributed by atoms with E-state index in [0.29, 0.717) is 29.1 Å². The van der Waals surface area contributed by atoms with Crippen LogP contribution in [0, 0.1) is 12.8 Å².